The first-order chi connectivity index (χ1) is 8.98. The Morgan fingerprint density at radius 1 is 1.37 bits per heavy atom. The summed E-state index contributed by atoms with van der Waals surface area (Å²) in [6.07, 6.45) is 4.59. The highest BCUT2D eigenvalue weighted by Crippen LogP contribution is 2.28. The third kappa shape index (κ3) is 3.97. The lowest BCUT2D eigenvalue weighted by Crippen LogP contribution is -2.23. The van der Waals surface area contributed by atoms with E-state index in [0.29, 0.717) is 5.82 Å². The highest BCUT2D eigenvalue weighted by Gasteiger charge is 2.24. The van der Waals surface area contributed by atoms with Crippen LogP contribution >= 0.6 is 0 Å². The van der Waals surface area contributed by atoms with Crippen molar-refractivity contribution in [2.75, 3.05) is 5.75 Å². The number of hydrogen-bond donors (Lipinski definition) is 1. The Bertz CT molecular complexity index is 506. The number of sulfone groups is 1. The van der Waals surface area contributed by atoms with Crippen LogP contribution in [-0.4, -0.2) is 45.6 Å². The molecule has 2 rings (SSSR count). The van der Waals surface area contributed by atoms with Gasteiger partial charge in [0.2, 0.25) is 0 Å². The van der Waals surface area contributed by atoms with Crippen molar-refractivity contribution >= 4 is 9.84 Å². The van der Waals surface area contributed by atoms with Crippen molar-refractivity contribution in [1.82, 2.24) is 20.2 Å². The maximum Gasteiger partial charge on any atom is 0.166 e. The zero-order valence-electron chi connectivity index (χ0n) is 11.1. The van der Waals surface area contributed by atoms with E-state index in [2.05, 4.69) is 15.5 Å². The van der Waals surface area contributed by atoms with Crippen LogP contribution in [0.25, 0.3) is 0 Å². The van der Waals surface area contributed by atoms with Crippen molar-refractivity contribution in [2.45, 2.75) is 56.9 Å². The summed E-state index contributed by atoms with van der Waals surface area (Å²) in [7, 11) is -3.38. The summed E-state index contributed by atoms with van der Waals surface area (Å²) in [4.78, 5) is 0. The van der Waals surface area contributed by atoms with Crippen LogP contribution in [0.1, 0.15) is 50.9 Å². The van der Waals surface area contributed by atoms with E-state index in [0.717, 1.165) is 25.7 Å². The minimum atomic E-state index is -3.38. The van der Waals surface area contributed by atoms with Crippen molar-refractivity contribution < 1.29 is 13.5 Å². The molecule has 1 aliphatic rings. The summed E-state index contributed by atoms with van der Waals surface area (Å²) in [6, 6.07) is 0.209. The third-order valence-electron chi connectivity index (χ3n) is 3.33. The molecule has 0 radical (unpaired) electrons. The fourth-order valence-corrected chi connectivity index (χ4v) is 3.98. The lowest BCUT2D eigenvalue weighted by atomic mass is 9.96. The zero-order valence-corrected chi connectivity index (χ0v) is 11.9. The molecule has 0 aliphatic heterocycles. The third-order valence-corrected chi connectivity index (χ3v) is 5.01. The number of aliphatic hydroxyl groups is 1. The maximum atomic E-state index is 11.9. The van der Waals surface area contributed by atoms with E-state index in [-0.39, 0.29) is 17.5 Å². The Morgan fingerprint density at radius 3 is 2.68 bits per heavy atom. The molecule has 7 nitrogen and oxygen atoms in total. The van der Waals surface area contributed by atoms with Gasteiger partial charge in [0.1, 0.15) is 5.75 Å². The van der Waals surface area contributed by atoms with Gasteiger partial charge in [-0.05, 0) is 30.2 Å². The van der Waals surface area contributed by atoms with E-state index in [9.17, 15) is 13.5 Å². The normalized spacial score (nSPS) is 19.5. The molecule has 1 aromatic heterocycles. The predicted octanol–water partition coefficient (Wildman–Crippen LogP) is 0.474. The molecule has 1 heterocycles. The van der Waals surface area contributed by atoms with E-state index >= 15 is 0 Å². The molecular weight excluding hydrogens is 268 g/mol. The van der Waals surface area contributed by atoms with E-state index in [4.69, 9.17) is 0 Å². The summed E-state index contributed by atoms with van der Waals surface area (Å²) in [5.41, 5.74) is 0. The van der Waals surface area contributed by atoms with Crippen molar-refractivity contribution in [3.63, 3.8) is 0 Å². The molecule has 1 fully saturated rings. The van der Waals surface area contributed by atoms with Crippen molar-refractivity contribution in [3.8, 4) is 0 Å². The van der Waals surface area contributed by atoms with Crippen molar-refractivity contribution in [2.24, 2.45) is 0 Å². The van der Waals surface area contributed by atoms with Crippen molar-refractivity contribution in [1.29, 1.82) is 0 Å². The second-order valence-electron chi connectivity index (χ2n) is 5.24. The summed E-state index contributed by atoms with van der Waals surface area (Å²) in [6.45, 7) is 1.46. The molecule has 19 heavy (non-hydrogen) atoms. The van der Waals surface area contributed by atoms with Crippen LogP contribution in [0.2, 0.25) is 0 Å². The first kappa shape index (κ1) is 14.4. The molecule has 108 valence electrons. The number of nitrogens with zero attached hydrogens (tertiary/aromatic N) is 4. The van der Waals surface area contributed by atoms with Crippen LogP contribution in [-0.2, 0) is 15.6 Å². The van der Waals surface area contributed by atoms with Gasteiger partial charge >= 0.3 is 0 Å². The summed E-state index contributed by atoms with van der Waals surface area (Å²) < 4.78 is 25.4. The van der Waals surface area contributed by atoms with Crippen LogP contribution in [0.15, 0.2) is 0 Å². The molecule has 1 aliphatic carbocycles. The summed E-state index contributed by atoms with van der Waals surface area (Å²) >= 11 is 0. The number of tetrazole rings is 1. The first-order valence-electron chi connectivity index (χ1n) is 6.63. The Morgan fingerprint density at radius 2 is 2.05 bits per heavy atom. The second kappa shape index (κ2) is 5.96. The molecule has 0 saturated heterocycles. The largest absolute Gasteiger partial charge is 0.392 e. The monoisotopic (exact) mass is 288 g/mol. The first-order valence-corrected chi connectivity index (χ1v) is 8.45. The summed E-state index contributed by atoms with van der Waals surface area (Å²) in [5, 5.41) is 20.6. The van der Waals surface area contributed by atoms with Crippen LogP contribution in [0, 0.1) is 0 Å². The topological polar surface area (TPSA) is 98.0 Å². The number of hydrogen-bond acceptors (Lipinski definition) is 6. The zero-order chi connectivity index (χ0) is 13.9. The van der Waals surface area contributed by atoms with Gasteiger partial charge in [-0.15, -0.1) is 5.10 Å². The van der Waals surface area contributed by atoms with Gasteiger partial charge in [0.25, 0.3) is 0 Å². The Balaban J connectivity index is 2.11. The van der Waals surface area contributed by atoms with E-state index in [1.54, 1.807) is 4.68 Å². The minimum Gasteiger partial charge on any atom is -0.392 e. The van der Waals surface area contributed by atoms with Gasteiger partial charge in [-0.1, -0.05) is 19.3 Å². The van der Waals surface area contributed by atoms with Gasteiger partial charge in [-0.2, -0.15) is 0 Å². The number of rotatable bonds is 5. The lowest BCUT2D eigenvalue weighted by Gasteiger charge is -2.22. The minimum absolute atomic E-state index is 0.207. The number of aliphatic hydroxyl groups excluding tert-OH is 1. The van der Waals surface area contributed by atoms with Crippen LogP contribution in [0.5, 0.6) is 0 Å². The van der Waals surface area contributed by atoms with Crippen LogP contribution in [0.4, 0.5) is 0 Å². The Labute approximate surface area is 112 Å². The Hall–Kier alpha value is -1.02. The molecule has 0 spiro atoms. The molecule has 0 amide bonds. The van der Waals surface area contributed by atoms with Gasteiger partial charge in [-0.25, -0.2) is 13.1 Å². The maximum absolute atomic E-state index is 11.9. The Kier molecular flexibility index (Phi) is 4.51. The lowest BCUT2D eigenvalue weighted by molar-refractivity contribution is 0.218. The van der Waals surface area contributed by atoms with E-state index in [1.807, 2.05) is 0 Å². The molecule has 1 unspecified atom stereocenters. The van der Waals surface area contributed by atoms with Gasteiger partial charge in [0, 0.05) is 0 Å². The fraction of sp³-hybridized carbons (Fsp3) is 0.909. The smallest absolute Gasteiger partial charge is 0.166 e. The van der Waals surface area contributed by atoms with Gasteiger partial charge in [-0.3, -0.25) is 0 Å². The van der Waals surface area contributed by atoms with Crippen molar-refractivity contribution in [3.05, 3.63) is 5.82 Å². The molecule has 8 heteroatoms. The second-order valence-corrected chi connectivity index (χ2v) is 7.34. The predicted molar refractivity (Wildman–Crippen MR) is 69.1 cm³/mol. The molecule has 1 N–H and O–H groups in total. The van der Waals surface area contributed by atoms with Crippen LogP contribution < -0.4 is 0 Å². The van der Waals surface area contributed by atoms with E-state index < -0.39 is 15.9 Å². The fourth-order valence-electron chi connectivity index (χ4n) is 2.54. The van der Waals surface area contributed by atoms with Gasteiger partial charge in [0.05, 0.1) is 17.9 Å². The van der Waals surface area contributed by atoms with E-state index in [1.165, 1.54) is 13.3 Å². The standard InChI is InChI=1S/C11H20N4O3S/c1-9(16)7-19(17,18)8-11-12-13-14-15(11)10-5-3-2-4-6-10/h9-10,16H,2-8H2,1H3. The highest BCUT2D eigenvalue weighted by atomic mass is 32.2. The average molecular weight is 288 g/mol. The molecular formula is C11H20N4O3S. The highest BCUT2D eigenvalue weighted by molar-refractivity contribution is 7.90. The molecule has 0 aromatic carbocycles. The summed E-state index contributed by atoms with van der Waals surface area (Å²) in [5.74, 6) is -0.0844. The van der Waals surface area contributed by atoms with Gasteiger partial charge < -0.3 is 5.11 Å². The molecule has 1 saturated carbocycles. The van der Waals surface area contributed by atoms with Gasteiger partial charge in [0.15, 0.2) is 15.7 Å². The quantitative estimate of drug-likeness (QED) is 0.846. The molecule has 1 atom stereocenters. The van der Waals surface area contributed by atoms with Crippen LogP contribution in [0.3, 0.4) is 0 Å². The number of aromatic nitrogens is 4. The molecule has 1 aromatic rings. The molecule has 0 bridgehead atoms. The average Bonchev–Trinajstić information content (AvgIpc) is 2.75. The SMILES string of the molecule is CC(O)CS(=O)(=O)Cc1nnnn1C1CCCCC1.